The SMILES string of the molecule is O=c1c2ccccc2c(-c2cccc(C3OCCO3)c2)nn1-c1cc(N2CCOCC2)ccc1[N+](=O)[O-]. The topological polar surface area (TPSA) is 109 Å². The van der Waals surface area contributed by atoms with Gasteiger partial charge in [0, 0.05) is 41.4 Å². The average molecular weight is 501 g/mol. The summed E-state index contributed by atoms with van der Waals surface area (Å²) in [6.07, 6.45) is -0.469. The quantitative estimate of drug-likeness (QED) is 0.300. The molecule has 1 aromatic heterocycles. The summed E-state index contributed by atoms with van der Waals surface area (Å²) in [6, 6.07) is 19.5. The third kappa shape index (κ3) is 4.35. The highest BCUT2D eigenvalue weighted by Crippen LogP contribution is 2.32. The summed E-state index contributed by atoms with van der Waals surface area (Å²) in [6.45, 7) is 3.47. The highest BCUT2D eigenvalue weighted by molar-refractivity contribution is 5.94. The number of nitro groups is 1. The number of rotatable bonds is 5. The summed E-state index contributed by atoms with van der Waals surface area (Å²) in [4.78, 5) is 27.2. The molecule has 188 valence electrons. The number of aromatic nitrogens is 2. The van der Waals surface area contributed by atoms with Crippen LogP contribution in [0.2, 0.25) is 0 Å². The zero-order valence-electron chi connectivity index (χ0n) is 19.9. The van der Waals surface area contributed by atoms with Crippen molar-refractivity contribution < 1.29 is 19.1 Å². The van der Waals surface area contributed by atoms with Gasteiger partial charge < -0.3 is 19.1 Å². The molecule has 3 heterocycles. The number of nitro benzene ring substituents is 1. The number of nitrogens with zero attached hydrogens (tertiary/aromatic N) is 4. The number of anilines is 1. The van der Waals surface area contributed by atoms with Gasteiger partial charge in [-0.1, -0.05) is 36.4 Å². The molecule has 10 nitrogen and oxygen atoms in total. The first-order chi connectivity index (χ1) is 18.1. The van der Waals surface area contributed by atoms with E-state index in [9.17, 15) is 14.9 Å². The van der Waals surface area contributed by atoms with E-state index in [0.29, 0.717) is 56.0 Å². The number of hydrogen-bond acceptors (Lipinski definition) is 8. The molecule has 0 radical (unpaired) electrons. The number of fused-ring (bicyclic) bond motifs is 1. The number of ether oxygens (including phenoxy) is 3. The second-order valence-electron chi connectivity index (χ2n) is 8.84. The van der Waals surface area contributed by atoms with Gasteiger partial charge in [-0.15, -0.1) is 0 Å². The van der Waals surface area contributed by atoms with Gasteiger partial charge in [-0.3, -0.25) is 14.9 Å². The Morgan fingerprint density at radius 2 is 1.65 bits per heavy atom. The minimum absolute atomic E-state index is 0.115. The van der Waals surface area contributed by atoms with Gasteiger partial charge in [-0.25, -0.2) is 0 Å². The minimum atomic E-state index is -0.489. The molecule has 0 bridgehead atoms. The van der Waals surface area contributed by atoms with E-state index in [0.717, 1.165) is 21.5 Å². The van der Waals surface area contributed by atoms with Crippen LogP contribution in [-0.4, -0.2) is 54.2 Å². The fourth-order valence-electron chi connectivity index (χ4n) is 4.80. The molecule has 6 rings (SSSR count). The van der Waals surface area contributed by atoms with Crippen LogP contribution in [0.1, 0.15) is 11.9 Å². The van der Waals surface area contributed by atoms with Crippen molar-refractivity contribution in [1.82, 2.24) is 9.78 Å². The molecule has 0 spiro atoms. The van der Waals surface area contributed by atoms with Crippen LogP contribution in [-0.2, 0) is 14.2 Å². The van der Waals surface area contributed by atoms with E-state index >= 15 is 0 Å². The smallest absolute Gasteiger partial charge is 0.295 e. The number of morpholine rings is 1. The van der Waals surface area contributed by atoms with E-state index in [1.54, 1.807) is 24.3 Å². The van der Waals surface area contributed by atoms with E-state index in [1.807, 2.05) is 36.4 Å². The summed E-state index contributed by atoms with van der Waals surface area (Å²) in [5.41, 5.74) is 2.36. The van der Waals surface area contributed by atoms with Crippen molar-refractivity contribution >= 4 is 22.1 Å². The molecule has 0 amide bonds. The van der Waals surface area contributed by atoms with Crippen molar-refractivity contribution in [3.63, 3.8) is 0 Å². The standard InChI is InChI=1S/C27H24N4O6/c32-26-22-7-2-1-6-21(22)25(18-4-3-5-19(16-18)27-36-14-15-37-27)28-30(26)24-17-20(8-9-23(24)31(33)34)29-10-12-35-13-11-29/h1-9,16-17,27H,10-15H2. The number of benzene rings is 3. The Labute approximate surface area is 211 Å². The molecule has 0 atom stereocenters. The Kier molecular flexibility index (Phi) is 6.13. The average Bonchev–Trinajstić information content (AvgIpc) is 3.49. The second kappa shape index (κ2) is 9.74. The Balaban J connectivity index is 1.56. The fraction of sp³-hybridized carbons (Fsp3) is 0.259. The first kappa shape index (κ1) is 23.3. The van der Waals surface area contributed by atoms with Crippen molar-refractivity contribution in [3.05, 3.63) is 92.8 Å². The van der Waals surface area contributed by atoms with Crippen molar-refractivity contribution in [1.29, 1.82) is 0 Å². The molecule has 0 unspecified atom stereocenters. The Bertz CT molecular complexity index is 1540. The van der Waals surface area contributed by atoms with Gasteiger partial charge in [0.05, 0.1) is 42.4 Å². The Morgan fingerprint density at radius 3 is 2.41 bits per heavy atom. The van der Waals surface area contributed by atoms with Crippen molar-refractivity contribution in [2.24, 2.45) is 0 Å². The largest absolute Gasteiger partial charge is 0.378 e. The number of hydrogen-bond donors (Lipinski definition) is 0. The monoisotopic (exact) mass is 500 g/mol. The van der Waals surface area contributed by atoms with Crippen LogP contribution in [0.15, 0.2) is 71.5 Å². The molecule has 10 heteroatoms. The summed E-state index contributed by atoms with van der Waals surface area (Å²) in [5, 5.41) is 17.8. The van der Waals surface area contributed by atoms with Gasteiger partial charge in [0.2, 0.25) is 0 Å². The van der Waals surface area contributed by atoms with Crippen molar-refractivity contribution in [2.75, 3.05) is 44.4 Å². The van der Waals surface area contributed by atoms with Gasteiger partial charge in [-0.2, -0.15) is 9.78 Å². The highest BCUT2D eigenvalue weighted by Gasteiger charge is 2.24. The molecular weight excluding hydrogens is 476 g/mol. The molecule has 2 aliphatic heterocycles. The predicted molar refractivity (Wildman–Crippen MR) is 137 cm³/mol. The molecule has 0 saturated carbocycles. The first-order valence-electron chi connectivity index (χ1n) is 12.1. The molecule has 3 aromatic carbocycles. The zero-order chi connectivity index (χ0) is 25.4. The second-order valence-corrected chi connectivity index (χ2v) is 8.84. The minimum Gasteiger partial charge on any atom is -0.378 e. The first-order valence-corrected chi connectivity index (χ1v) is 12.1. The molecular formula is C27H24N4O6. The van der Waals surface area contributed by atoms with Crippen LogP contribution in [0.3, 0.4) is 0 Å². The maximum Gasteiger partial charge on any atom is 0.295 e. The molecule has 0 aliphatic carbocycles. The Morgan fingerprint density at radius 1 is 0.892 bits per heavy atom. The van der Waals surface area contributed by atoms with Gasteiger partial charge in [0.25, 0.3) is 11.2 Å². The van der Waals surface area contributed by atoms with E-state index in [1.165, 1.54) is 6.07 Å². The van der Waals surface area contributed by atoms with Crippen LogP contribution < -0.4 is 10.5 Å². The maximum atomic E-state index is 13.7. The predicted octanol–water partition coefficient (Wildman–Crippen LogP) is 3.84. The molecule has 0 N–H and O–H groups in total. The molecule has 4 aromatic rings. The summed E-state index contributed by atoms with van der Waals surface area (Å²) < 4.78 is 17.9. The third-order valence-electron chi connectivity index (χ3n) is 6.62. The molecule has 37 heavy (non-hydrogen) atoms. The van der Waals surface area contributed by atoms with Crippen molar-refractivity contribution in [3.8, 4) is 16.9 Å². The molecule has 2 aliphatic rings. The van der Waals surface area contributed by atoms with E-state index in [4.69, 9.17) is 19.3 Å². The van der Waals surface area contributed by atoms with Crippen LogP contribution >= 0.6 is 0 Å². The molecule has 2 saturated heterocycles. The van der Waals surface area contributed by atoms with E-state index in [-0.39, 0.29) is 11.4 Å². The summed E-state index contributed by atoms with van der Waals surface area (Å²) in [7, 11) is 0. The lowest BCUT2D eigenvalue weighted by Crippen LogP contribution is -2.36. The van der Waals surface area contributed by atoms with Crippen LogP contribution in [0, 0.1) is 10.1 Å². The van der Waals surface area contributed by atoms with E-state index < -0.39 is 16.8 Å². The highest BCUT2D eigenvalue weighted by atomic mass is 16.7. The van der Waals surface area contributed by atoms with Gasteiger partial charge in [0.15, 0.2) is 6.29 Å². The third-order valence-corrected chi connectivity index (χ3v) is 6.62. The summed E-state index contributed by atoms with van der Waals surface area (Å²) >= 11 is 0. The lowest BCUT2D eigenvalue weighted by molar-refractivity contribution is -0.384. The van der Waals surface area contributed by atoms with Crippen molar-refractivity contribution in [2.45, 2.75) is 6.29 Å². The fourth-order valence-corrected chi connectivity index (χ4v) is 4.80. The summed E-state index contributed by atoms with van der Waals surface area (Å²) in [5.74, 6) is 0. The molecule has 2 fully saturated rings. The van der Waals surface area contributed by atoms with Gasteiger partial charge >= 0.3 is 0 Å². The maximum absolute atomic E-state index is 13.7. The van der Waals surface area contributed by atoms with Crippen LogP contribution in [0.4, 0.5) is 11.4 Å². The Hall–Kier alpha value is -4.12. The van der Waals surface area contributed by atoms with Gasteiger partial charge in [0.1, 0.15) is 5.69 Å². The lowest BCUT2D eigenvalue weighted by Gasteiger charge is -2.29. The van der Waals surface area contributed by atoms with Crippen LogP contribution in [0.25, 0.3) is 27.7 Å². The van der Waals surface area contributed by atoms with E-state index in [2.05, 4.69) is 4.90 Å². The van der Waals surface area contributed by atoms with Crippen LogP contribution in [0.5, 0.6) is 0 Å². The normalized spacial score (nSPS) is 16.4. The lowest BCUT2D eigenvalue weighted by atomic mass is 10.0. The van der Waals surface area contributed by atoms with Gasteiger partial charge in [-0.05, 0) is 24.3 Å². The zero-order valence-corrected chi connectivity index (χ0v) is 19.9.